The van der Waals surface area contributed by atoms with E-state index in [1.165, 1.54) is 12.1 Å². The van der Waals surface area contributed by atoms with Crippen molar-refractivity contribution in [2.24, 2.45) is 0 Å². The van der Waals surface area contributed by atoms with Crippen LogP contribution in [-0.2, 0) is 11.0 Å². The van der Waals surface area contributed by atoms with Crippen molar-refractivity contribution in [3.63, 3.8) is 0 Å². The number of nitrogens with one attached hydrogen (secondary N) is 2. The second kappa shape index (κ2) is 8.78. The first kappa shape index (κ1) is 18.5. The lowest BCUT2D eigenvalue weighted by Gasteiger charge is -2.14. The van der Waals surface area contributed by atoms with Crippen LogP contribution in [-0.4, -0.2) is 25.5 Å². The lowest BCUT2D eigenvalue weighted by atomic mass is 9.96. The van der Waals surface area contributed by atoms with Crippen molar-refractivity contribution in [2.75, 3.05) is 19.6 Å². The molecule has 1 aromatic rings. The molecular weight excluding hydrogens is 293 g/mol. The number of carbonyl (C=O) groups excluding carboxylic acids is 1. The fourth-order valence-electron chi connectivity index (χ4n) is 2.06. The van der Waals surface area contributed by atoms with Crippen LogP contribution in [0.2, 0.25) is 0 Å². The van der Waals surface area contributed by atoms with Gasteiger partial charge < -0.3 is 10.6 Å². The van der Waals surface area contributed by atoms with Crippen LogP contribution in [0.4, 0.5) is 13.2 Å². The first-order chi connectivity index (χ1) is 10.3. The van der Waals surface area contributed by atoms with Crippen LogP contribution in [0.3, 0.4) is 0 Å². The second-order valence-electron chi connectivity index (χ2n) is 5.32. The SMILES string of the molecule is CCCNCCNC(=O)CC(C)c1ccc(C(F)(F)F)cc1. The Balaban J connectivity index is 2.41. The predicted octanol–water partition coefficient (Wildman–Crippen LogP) is 3.31. The monoisotopic (exact) mass is 316 g/mol. The number of alkyl halides is 3. The molecule has 1 amide bonds. The predicted molar refractivity (Wildman–Crippen MR) is 80.6 cm³/mol. The largest absolute Gasteiger partial charge is 0.416 e. The molecular formula is C16H23F3N2O. The molecule has 0 aliphatic heterocycles. The number of carbonyl (C=O) groups is 1. The molecule has 3 nitrogen and oxygen atoms in total. The van der Waals surface area contributed by atoms with E-state index >= 15 is 0 Å². The van der Waals surface area contributed by atoms with Gasteiger partial charge in [-0.25, -0.2) is 0 Å². The molecule has 0 spiro atoms. The minimum Gasteiger partial charge on any atom is -0.355 e. The third kappa shape index (κ3) is 6.47. The molecule has 0 fully saturated rings. The average Bonchev–Trinajstić information content (AvgIpc) is 2.46. The molecule has 0 aliphatic carbocycles. The van der Waals surface area contributed by atoms with E-state index in [1.807, 2.05) is 6.92 Å². The van der Waals surface area contributed by atoms with Crippen LogP contribution in [0.1, 0.15) is 43.7 Å². The van der Waals surface area contributed by atoms with Gasteiger partial charge in [-0.1, -0.05) is 26.0 Å². The standard InChI is InChI=1S/C16H23F3N2O/c1-3-8-20-9-10-21-15(22)11-12(2)13-4-6-14(7-5-13)16(17,18)19/h4-7,12,20H,3,8-11H2,1-2H3,(H,21,22). The minimum atomic E-state index is -4.33. The number of hydrogen-bond acceptors (Lipinski definition) is 2. The van der Waals surface area contributed by atoms with Crippen molar-refractivity contribution in [2.45, 2.75) is 38.8 Å². The molecule has 6 heteroatoms. The summed E-state index contributed by atoms with van der Waals surface area (Å²) in [5.41, 5.74) is 0.0576. The zero-order valence-electron chi connectivity index (χ0n) is 13.0. The van der Waals surface area contributed by atoms with Crippen LogP contribution in [0, 0.1) is 0 Å². The summed E-state index contributed by atoms with van der Waals surface area (Å²) in [5, 5.41) is 5.97. The van der Waals surface area contributed by atoms with Crippen molar-refractivity contribution in [1.82, 2.24) is 10.6 Å². The van der Waals surface area contributed by atoms with Crippen LogP contribution >= 0.6 is 0 Å². The molecule has 0 heterocycles. The molecule has 0 aliphatic rings. The summed E-state index contributed by atoms with van der Waals surface area (Å²) in [6.07, 6.45) is -3.03. The molecule has 0 saturated carbocycles. The van der Waals surface area contributed by atoms with Crippen LogP contribution in [0.15, 0.2) is 24.3 Å². The fourth-order valence-corrected chi connectivity index (χ4v) is 2.06. The van der Waals surface area contributed by atoms with Gasteiger partial charge in [0.2, 0.25) is 5.91 Å². The van der Waals surface area contributed by atoms with Gasteiger partial charge in [-0.15, -0.1) is 0 Å². The highest BCUT2D eigenvalue weighted by Crippen LogP contribution is 2.30. The number of hydrogen-bond donors (Lipinski definition) is 2. The van der Waals surface area contributed by atoms with E-state index in [1.54, 1.807) is 0 Å². The van der Waals surface area contributed by atoms with Gasteiger partial charge in [0.1, 0.15) is 0 Å². The first-order valence-electron chi connectivity index (χ1n) is 7.49. The van der Waals surface area contributed by atoms with E-state index in [0.717, 1.165) is 30.7 Å². The summed E-state index contributed by atoms with van der Waals surface area (Å²) in [6, 6.07) is 4.98. The van der Waals surface area contributed by atoms with Crippen molar-refractivity contribution in [3.05, 3.63) is 35.4 Å². The summed E-state index contributed by atoms with van der Waals surface area (Å²) in [5.74, 6) is -0.211. The van der Waals surface area contributed by atoms with Crippen molar-refractivity contribution >= 4 is 5.91 Å². The van der Waals surface area contributed by atoms with Gasteiger partial charge in [0.25, 0.3) is 0 Å². The molecule has 1 aromatic carbocycles. The lowest BCUT2D eigenvalue weighted by Crippen LogP contribution is -2.32. The Morgan fingerprint density at radius 1 is 1.14 bits per heavy atom. The van der Waals surface area contributed by atoms with Gasteiger partial charge in [0, 0.05) is 19.5 Å². The zero-order chi connectivity index (χ0) is 16.6. The van der Waals surface area contributed by atoms with Gasteiger partial charge in [0.15, 0.2) is 0 Å². The molecule has 1 unspecified atom stereocenters. The highest BCUT2D eigenvalue weighted by atomic mass is 19.4. The Hall–Kier alpha value is -1.56. The maximum Gasteiger partial charge on any atom is 0.416 e. The van der Waals surface area contributed by atoms with Gasteiger partial charge in [-0.3, -0.25) is 4.79 Å². The molecule has 0 bridgehead atoms. The fraction of sp³-hybridized carbons (Fsp3) is 0.562. The Morgan fingerprint density at radius 2 is 1.77 bits per heavy atom. The smallest absolute Gasteiger partial charge is 0.355 e. The second-order valence-corrected chi connectivity index (χ2v) is 5.32. The number of halogens is 3. The summed E-state index contributed by atoms with van der Waals surface area (Å²) in [6.45, 7) is 6.08. The Morgan fingerprint density at radius 3 is 2.32 bits per heavy atom. The maximum absolute atomic E-state index is 12.5. The maximum atomic E-state index is 12.5. The van der Waals surface area contributed by atoms with Crippen molar-refractivity contribution in [1.29, 1.82) is 0 Å². The topological polar surface area (TPSA) is 41.1 Å². The Labute approximate surface area is 129 Å². The van der Waals surface area contributed by atoms with E-state index in [0.29, 0.717) is 13.1 Å². The van der Waals surface area contributed by atoms with Gasteiger partial charge in [-0.05, 0) is 36.6 Å². The van der Waals surface area contributed by atoms with E-state index < -0.39 is 11.7 Å². The average molecular weight is 316 g/mol. The van der Waals surface area contributed by atoms with Crippen LogP contribution in [0.25, 0.3) is 0 Å². The third-order valence-corrected chi connectivity index (χ3v) is 3.35. The summed E-state index contributed by atoms with van der Waals surface area (Å²) >= 11 is 0. The molecule has 124 valence electrons. The first-order valence-corrected chi connectivity index (χ1v) is 7.49. The molecule has 22 heavy (non-hydrogen) atoms. The molecule has 0 aromatic heterocycles. The summed E-state index contributed by atoms with van der Waals surface area (Å²) in [4.78, 5) is 11.8. The van der Waals surface area contributed by atoms with Gasteiger partial charge in [0.05, 0.1) is 5.56 Å². The molecule has 1 atom stereocenters. The summed E-state index contributed by atoms with van der Waals surface area (Å²) in [7, 11) is 0. The lowest BCUT2D eigenvalue weighted by molar-refractivity contribution is -0.137. The number of amides is 1. The molecule has 1 rings (SSSR count). The van der Waals surface area contributed by atoms with E-state index in [4.69, 9.17) is 0 Å². The van der Waals surface area contributed by atoms with E-state index in [9.17, 15) is 18.0 Å². The Kier molecular flexibility index (Phi) is 7.38. The molecule has 2 N–H and O–H groups in total. The normalized spacial score (nSPS) is 13.0. The zero-order valence-corrected chi connectivity index (χ0v) is 13.0. The third-order valence-electron chi connectivity index (χ3n) is 3.35. The van der Waals surface area contributed by atoms with Crippen molar-refractivity contribution < 1.29 is 18.0 Å². The number of rotatable bonds is 8. The van der Waals surface area contributed by atoms with E-state index in [-0.39, 0.29) is 18.2 Å². The van der Waals surface area contributed by atoms with Crippen LogP contribution < -0.4 is 10.6 Å². The quantitative estimate of drug-likeness (QED) is 0.723. The summed E-state index contributed by atoms with van der Waals surface area (Å²) < 4.78 is 37.5. The number of benzene rings is 1. The van der Waals surface area contributed by atoms with Gasteiger partial charge >= 0.3 is 6.18 Å². The molecule has 0 radical (unpaired) electrons. The van der Waals surface area contributed by atoms with Crippen molar-refractivity contribution in [3.8, 4) is 0 Å². The minimum absolute atomic E-state index is 0.0919. The van der Waals surface area contributed by atoms with Gasteiger partial charge in [-0.2, -0.15) is 13.2 Å². The molecule has 0 saturated heterocycles. The van der Waals surface area contributed by atoms with E-state index in [2.05, 4.69) is 17.6 Å². The highest BCUT2D eigenvalue weighted by Gasteiger charge is 2.30. The van der Waals surface area contributed by atoms with Crippen LogP contribution in [0.5, 0.6) is 0 Å². The Bertz CT molecular complexity index is 457. The highest BCUT2D eigenvalue weighted by molar-refractivity contribution is 5.76.